The molecule has 0 aromatic rings. The molecule has 3 fully saturated rings. The third-order valence-electron chi connectivity index (χ3n) is 5.70. The SMILES string of the molecule is CCN(CC(=O)O)C1CC(NC(=O)N2CCC(OCC3CC3)CC2)C1. The number of likely N-dealkylation sites (N-methyl/N-ethyl adjacent to an activating group) is 1. The van der Waals surface area contributed by atoms with Crippen LogP contribution in [0.15, 0.2) is 0 Å². The van der Waals surface area contributed by atoms with E-state index in [1.807, 2.05) is 16.7 Å². The first-order chi connectivity index (χ1) is 12.0. The Morgan fingerprint density at radius 2 is 1.88 bits per heavy atom. The van der Waals surface area contributed by atoms with Crippen LogP contribution in [0.4, 0.5) is 4.79 Å². The summed E-state index contributed by atoms with van der Waals surface area (Å²) in [7, 11) is 0. The van der Waals surface area contributed by atoms with Crippen LogP contribution < -0.4 is 5.32 Å². The van der Waals surface area contributed by atoms with E-state index in [2.05, 4.69) is 5.32 Å². The lowest BCUT2D eigenvalue weighted by atomic mass is 9.85. The molecule has 2 aliphatic carbocycles. The Morgan fingerprint density at radius 1 is 1.20 bits per heavy atom. The quantitative estimate of drug-likeness (QED) is 0.691. The van der Waals surface area contributed by atoms with Crippen LogP contribution in [0.3, 0.4) is 0 Å². The van der Waals surface area contributed by atoms with E-state index in [1.54, 1.807) is 0 Å². The second-order valence-electron chi connectivity index (χ2n) is 7.69. The van der Waals surface area contributed by atoms with Crippen molar-refractivity contribution in [3.05, 3.63) is 0 Å². The highest BCUT2D eigenvalue weighted by Crippen LogP contribution is 2.30. The molecule has 3 aliphatic rings. The number of ether oxygens (including phenoxy) is 1. The number of piperidine rings is 1. The fourth-order valence-electron chi connectivity index (χ4n) is 3.72. The number of nitrogens with zero attached hydrogens (tertiary/aromatic N) is 2. The molecule has 1 saturated heterocycles. The molecule has 1 aliphatic heterocycles. The molecule has 0 bridgehead atoms. The highest BCUT2D eigenvalue weighted by molar-refractivity contribution is 5.74. The number of nitrogens with one attached hydrogen (secondary N) is 1. The first-order valence-electron chi connectivity index (χ1n) is 9.68. The van der Waals surface area contributed by atoms with Gasteiger partial charge in [0, 0.05) is 31.8 Å². The van der Waals surface area contributed by atoms with E-state index in [0.29, 0.717) is 6.10 Å². The summed E-state index contributed by atoms with van der Waals surface area (Å²) in [5.41, 5.74) is 0. The lowest BCUT2D eigenvalue weighted by molar-refractivity contribution is -0.139. The maximum atomic E-state index is 12.4. The maximum absolute atomic E-state index is 12.4. The molecule has 142 valence electrons. The summed E-state index contributed by atoms with van der Waals surface area (Å²) in [6.07, 6.45) is 6.47. The first-order valence-corrected chi connectivity index (χ1v) is 9.68. The molecule has 2 amide bonds. The zero-order valence-electron chi connectivity index (χ0n) is 15.2. The van der Waals surface area contributed by atoms with Gasteiger partial charge in [0.15, 0.2) is 0 Å². The van der Waals surface area contributed by atoms with Gasteiger partial charge in [-0.05, 0) is 51.0 Å². The summed E-state index contributed by atoms with van der Waals surface area (Å²) in [6.45, 7) is 5.20. The Hall–Kier alpha value is -1.34. The zero-order valence-corrected chi connectivity index (χ0v) is 15.2. The number of hydrogen-bond donors (Lipinski definition) is 2. The minimum Gasteiger partial charge on any atom is -0.480 e. The second kappa shape index (κ2) is 8.36. The molecule has 1 heterocycles. The minimum absolute atomic E-state index is 0.0189. The van der Waals surface area contributed by atoms with E-state index in [9.17, 15) is 9.59 Å². The standard InChI is InChI=1S/C18H31N3O4/c1-2-20(11-17(22)23)15-9-14(10-15)19-18(24)21-7-5-16(6-8-21)25-12-13-3-4-13/h13-16H,2-12H2,1H3,(H,19,24)(H,22,23). The summed E-state index contributed by atoms with van der Waals surface area (Å²) in [6, 6.07) is 0.461. The van der Waals surface area contributed by atoms with Crippen molar-refractivity contribution in [2.24, 2.45) is 5.92 Å². The van der Waals surface area contributed by atoms with E-state index in [4.69, 9.17) is 9.84 Å². The number of aliphatic carboxylic acids is 1. The molecule has 2 N–H and O–H groups in total. The molecule has 0 aromatic carbocycles. The predicted octanol–water partition coefficient (Wildman–Crippen LogP) is 1.52. The fraction of sp³-hybridized carbons (Fsp3) is 0.889. The van der Waals surface area contributed by atoms with Crippen LogP contribution >= 0.6 is 0 Å². The van der Waals surface area contributed by atoms with Gasteiger partial charge in [-0.25, -0.2) is 4.79 Å². The number of likely N-dealkylation sites (tertiary alicyclic amines) is 1. The number of amides is 2. The van der Waals surface area contributed by atoms with Crippen molar-refractivity contribution in [2.75, 3.05) is 32.8 Å². The van der Waals surface area contributed by atoms with Gasteiger partial charge in [-0.1, -0.05) is 6.92 Å². The minimum atomic E-state index is -0.791. The number of carboxylic acid groups (broad SMARTS) is 1. The van der Waals surface area contributed by atoms with E-state index >= 15 is 0 Å². The lowest BCUT2D eigenvalue weighted by Crippen LogP contribution is -2.57. The molecule has 25 heavy (non-hydrogen) atoms. The zero-order chi connectivity index (χ0) is 17.8. The van der Waals surface area contributed by atoms with Gasteiger partial charge in [0.1, 0.15) is 0 Å². The van der Waals surface area contributed by atoms with Crippen molar-refractivity contribution in [1.29, 1.82) is 0 Å². The summed E-state index contributed by atoms with van der Waals surface area (Å²) in [5.74, 6) is -0.00202. The fourth-order valence-corrected chi connectivity index (χ4v) is 3.72. The van der Waals surface area contributed by atoms with E-state index in [1.165, 1.54) is 12.8 Å². The number of carbonyl (C=O) groups excluding carboxylic acids is 1. The Bertz CT molecular complexity index is 469. The lowest BCUT2D eigenvalue weighted by Gasteiger charge is -2.43. The van der Waals surface area contributed by atoms with Crippen LogP contribution in [-0.2, 0) is 9.53 Å². The average molecular weight is 353 g/mol. The van der Waals surface area contributed by atoms with Gasteiger partial charge in [0.2, 0.25) is 0 Å². The smallest absolute Gasteiger partial charge is 0.317 e. The number of urea groups is 1. The topological polar surface area (TPSA) is 82.1 Å². The third kappa shape index (κ3) is 5.31. The van der Waals surface area contributed by atoms with Crippen molar-refractivity contribution in [1.82, 2.24) is 15.1 Å². The van der Waals surface area contributed by atoms with Crippen LogP contribution in [-0.4, -0.2) is 77.9 Å². The average Bonchev–Trinajstić information content (AvgIpc) is 3.38. The summed E-state index contributed by atoms with van der Waals surface area (Å²) in [4.78, 5) is 27.1. The van der Waals surface area contributed by atoms with Crippen molar-refractivity contribution < 1.29 is 19.4 Å². The number of rotatable bonds is 8. The summed E-state index contributed by atoms with van der Waals surface area (Å²) < 4.78 is 5.92. The Morgan fingerprint density at radius 3 is 2.44 bits per heavy atom. The van der Waals surface area contributed by atoms with Crippen molar-refractivity contribution in [2.45, 2.75) is 63.6 Å². The Labute approximate surface area is 149 Å². The molecule has 7 nitrogen and oxygen atoms in total. The molecular formula is C18H31N3O4. The molecule has 2 saturated carbocycles. The van der Waals surface area contributed by atoms with Crippen molar-refractivity contribution in [3.63, 3.8) is 0 Å². The molecule has 0 aromatic heterocycles. The van der Waals surface area contributed by atoms with Gasteiger partial charge >= 0.3 is 12.0 Å². The van der Waals surface area contributed by atoms with E-state index < -0.39 is 5.97 Å². The summed E-state index contributed by atoms with van der Waals surface area (Å²) in [5, 5.41) is 12.0. The monoisotopic (exact) mass is 353 g/mol. The highest BCUT2D eigenvalue weighted by Gasteiger charge is 2.36. The molecular weight excluding hydrogens is 322 g/mol. The van der Waals surface area contributed by atoms with E-state index in [-0.39, 0.29) is 24.7 Å². The second-order valence-corrected chi connectivity index (χ2v) is 7.69. The summed E-state index contributed by atoms with van der Waals surface area (Å²) >= 11 is 0. The Kier molecular flexibility index (Phi) is 6.17. The van der Waals surface area contributed by atoms with Crippen LogP contribution in [0.2, 0.25) is 0 Å². The van der Waals surface area contributed by atoms with Crippen LogP contribution in [0.25, 0.3) is 0 Å². The van der Waals surface area contributed by atoms with Crippen LogP contribution in [0.5, 0.6) is 0 Å². The van der Waals surface area contributed by atoms with Gasteiger partial charge in [-0.2, -0.15) is 0 Å². The third-order valence-corrected chi connectivity index (χ3v) is 5.70. The van der Waals surface area contributed by atoms with Crippen molar-refractivity contribution >= 4 is 12.0 Å². The molecule has 3 rings (SSSR count). The Balaban J connectivity index is 1.31. The molecule has 0 unspecified atom stereocenters. The van der Waals surface area contributed by atoms with Gasteiger partial charge in [-0.15, -0.1) is 0 Å². The van der Waals surface area contributed by atoms with Gasteiger partial charge in [-0.3, -0.25) is 9.69 Å². The predicted molar refractivity (Wildman–Crippen MR) is 93.5 cm³/mol. The molecule has 0 spiro atoms. The first kappa shape index (κ1) is 18.5. The molecule has 7 heteroatoms. The molecule has 0 atom stereocenters. The number of carbonyl (C=O) groups is 2. The number of hydrogen-bond acceptors (Lipinski definition) is 4. The highest BCUT2D eigenvalue weighted by atomic mass is 16.5. The van der Waals surface area contributed by atoms with Gasteiger partial charge in [0.05, 0.1) is 12.6 Å². The maximum Gasteiger partial charge on any atom is 0.317 e. The molecule has 0 radical (unpaired) electrons. The van der Waals surface area contributed by atoms with Gasteiger partial charge in [0.25, 0.3) is 0 Å². The van der Waals surface area contributed by atoms with Crippen molar-refractivity contribution in [3.8, 4) is 0 Å². The van der Waals surface area contributed by atoms with E-state index in [0.717, 1.165) is 57.8 Å². The normalized spacial score (nSPS) is 27.2. The largest absolute Gasteiger partial charge is 0.480 e. The number of carboxylic acids is 1. The van der Waals surface area contributed by atoms with Crippen LogP contribution in [0.1, 0.15) is 45.4 Å². The van der Waals surface area contributed by atoms with Gasteiger partial charge < -0.3 is 20.1 Å². The van der Waals surface area contributed by atoms with Crippen LogP contribution in [0, 0.1) is 5.92 Å².